The number of hydrogen-bond acceptors (Lipinski definition) is 6. The second-order valence-corrected chi connectivity index (χ2v) is 6.44. The standard InChI is InChI=1S/C16H16FN5O2S/c1-10(2)14-20-21-15(24-14)19-13(23)9-25-16-18-6-7-22(16)12-5-3-4-11(17)8-12/h3-8,10H,9H2,1-2H3,(H,19,21,23). The largest absolute Gasteiger partial charge is 0.408 e. The molecule has 0 radical (unpaired) electrons. The van der Waals surface area contributed by atoms with Gasteiger partial charge in [0.15, 0.2) is 5.16 Å². The molecule has 0 saturated carbocycles. The number of nitrogens with one attached hydrogen (secondary N) is 1. The highest BCUT2D eigenvalue weighted by Gasteiger charge is 2.14. The molecule has 1 amide bonds. The molecule has 2 heterocycles. The van der Waals surface area contributed by atoms with Crippen LogP contribution in [-0.4, -0.2) is 31.4 Å². The quantitative estimate of drug-likeness (QED) is 0.678. The van der Waals surface area contributed by atoms with Gasteiger partial charge in [0.25, 0.3) is 0 Å². The Morgan fingerprint density at radius 3 is 2.96 bits per heavy atom. The molecule has 130 valence electrons. The van der Waals surface area contributed by atoms with Crippen molar-refractivity contribution in [2.75, 3.05) is 11.1 Å². The van der Waals surface area contributed by atoms with Gasteiger partial charge in [0.2, 0.25) is 11.8 Å². The molecule has 1 aromatic carbocycles. The van der Waals surface area contributed by atoms with E-state index in [9.17, 15) is 9.18 Å². The predicted octanol–water partition coefficient (Wildman–Crippen LogP) is 3.25. The van der Waals surface area contributed by atoms with Crippen molar-refractivity contribution in [3.05, 3.63) is 48.4 Å². The summed E-state index contributed by atoms with van der Waals surface area (Å²) in [5.41, 5.74) is 0.638. The zero-order valence-electron chi connectivity index (χ0n) is 13.6. The maximum atomic E-state index is 13.4. The monoisotopic (exact) mass is 361 g/mol. The van der Waals surface area contributed by atoms with Crippen LogP contribution < -0.4 is 5.32 Å². The molecule has 9 heteroatoms. The summed E-state index contributed by atoms with van der Waals surface area (Å²) in [5.74, 6) is 0.0250. The lowest BCUT2D eigenvalue weighted by molar-refractivity contribution is -0.113. The van der Waals surface area contributed by atoms with Crippen molar-refractivity contribution in [2.45, 2.75) is 24.9 Å². The second-order valence-electron chi connectivity index (χ2n) is 5.50. The predicted molar refractivity (Wildman–Crippen MR) is 91.3 cm³/mol. The van der Waals surface area contributed by atoms with Crippen molar-refractivity contribution in [1.82, 2.24) is 19.7 Å². The van der Waals surface area contributed by atoms with Gasteiger partial charge in [-0.05, 0) is 18.2 Å². The van der Waals surface area contributed by atoms with Crippen molar-refractivity contribution >= 4 is 23.7 Å². The molecular formula is C16H16FN5O2S. The van der Waals surface area contributed by atoms with Crippen molar-refractivity contribution in [3.63, 3.8) is 0 Å². The van der Waals surface area contributed by atoms with E-state index in [0.717, 1.165) is 0 Å². The highest BCUT2D eigenvalue weighted by molar-refractivity contribution is 7.99. The highest BCUT2D eigenvalue weighted by Crippen LogP contribution is 2.21. The van der Waals surface area contributed by atoms with E-state index in [4.69, 9.17) is 4.42 Å². The topological polar surface area (TPSA) is 85.8 Å². The van der Waals surface area contributed by atoms with E-state index in [1.807, 2.05) is 13.8 Å². The van der Waals surface area contributed by atoms with Crippen LogP contribution in [0.1, 0.15) is 25.7 Å². The minimum Gasteiger partial charge on any atom is -0.408 e. The summed E-state index contributed by atoms with van der Waals surface area (Å²) in [4.78, 5) is 16.2. The first-order valence-corrected chi connectivity index (χ1v) is 8.57. The van der Waals surface area contributed by atoms with Crippen molar-refractivity contribution in [3.8, 4) is 5.69 Å². The Kier molecular flexibility index (Phi) is 5.13. The molecule has 0 bridgehead atoms. The first-order chi connectivity index (χ1) is 12.0. The van der Waals surface area contributed by atoms with Crippen LogP contribution >= 0.6 is 11.8 Å². The Morgan fingerprint density at radius 1 is 1.40 bits per heavy atom. The lowest BCUT2D eigenvalue weighted by atomic mass is 10.2. The smallest absolute Gasteiger partial charge is 0.322 e. The zero-order valence-corrected chi connectivity index (χ0v) is 14.5. The van der Waals surface area contributed by atoms with Crippen LogP contribution in [0.15, 0.2) is 46.2 Å². The first-order valence-electron chi connectivity index (χ1n) is 7.58. The van der Waals surface area contributed by atoms with E-state index < -0.39 is 0 Å². The number of imidazole rings is 1. The Balaban J connectivity index is 1.62. The summed E-state index contributed by atoms with van der Waals surface area (Å²) in [6.45, 7) is 3.84. The van der Waals surface area contributed by atoms with Crippen LogP contribution in [0, 0.1) is 5.82 Å². The van der Waals surface area contributed by atoms with E-state index in [1.54, 1.807) is 29.1 Å². The van der Waals surface area contributed by atoms with Crippen LogP contribution in [-0.2, 0) is 4.79 Å². The van der Waals surface area contributed by atoms with Gasteiger partial charge < -0.3 is 4.42 Å². The maximum absolute atomic E-state index is 13.4. The minimum atomic E-state index is -0.336. The Hall–Kier alpha value is -2.68. The summed E-state index contributed by atoms with van der Waals surface area (Å²) in [7, 11) is 0. The number of carbonyl (C=O) groups excluding carboxylic acids is 1. The molecule has 2 aromatic heterocycles. The molecule has 0 aliphatic rings. The molecule has 25 heavy (non-hydrogen) atoms. The summed E-state index contributed by atoms with van der Waals surface area (Å²) in [5, 5.41) is 10.8. The van der Waals surface area contributed by atoms with Gasteiger partial charge in [-0.1, -0.05) is 36.8 Å². The van der Waals surface area contributed by atoms with Crippen LogP contribution in [0.5, 0.6) is 0 Å². The summed E-state index contributed by atoms with van der Waals surface area (Å²) >= 11 is 1.22. The zero-order chi connectivity index (χ0) is 17.8. The third-order valence-corrected chi connectivity index (χ3v) is 4.17. The van der Waals surface area contributed by atoms with Crippen molar-refractivity contribution in [1.29, 1.82) is 0 Å². The molecule has 7 nitrogen and oxygen atoms in total. The molecule has 0 aliphatic heterocycles. The van der Waals surface area contributed by atoms with Gasteiger partial charge in [0.1, 0.15) is 5.82 Å². The third kappa shape index (κ3) is 4.24. The lowest BCUT2D eigenvalue weighted by Crippen LogP contribution is -2.14. The van der Waals surface area contributed by atoms with Gasteiger partial charge in [-0.2, -0.15) is 0 Å². The van der Waals surface area contributed by atoms with Crippen LogP contribution in [0.2, 0.25) is 0 Å². The van der Waals surface area contributed by atoms with E-state index in [1.165, 1.54) is 23.9 Å². The number of halogens is 1. The second kappa shape index (κ2) is 7.47. The number of rotatable bonds is 6. The molecule has 3 aromatic rings. The average Bonchev–Trinajstić information content (AvgIpc) is 3.22. The number of nitrogens with zero attached hydrogens (tertiary/aromatic N) is 4. The SMILES string of the molecule is CC(C)c1nnc(NC(=O)CSc2nccn2-c2cccc(F)c2)o1. The first kappa shape index (κ1) is 17.2. The number of thioether (sulfide) groups is 1. The average molecular weight is 361 g/mol. The van der Waals surface area contributed by atoms with Gasteiger partial charge in [0.05, 0.1) is 11.4 Å². The number of benzene rings is 1. The fourth-order valence-electron chi connectivity index (χ4n) is 2.02. The third-order valence-electron chi connectivity index (χ3n) is 3.21. The van der Waals surface area contributed by atoms with Crippen LogP contribution in [0.3, 0.4) is 0 Å². The molecule has 3 rings (SSSR count). The van der Waals surface area contributed by atoms with Gasteiger partial charge in [-0.15, -0.1) is 5.10 Å². The number of aromatic nitrogens is 4. The number of anilines is 1. The van der Waals surface area contributed by atoms with Gasteiger partial charge >= 0.3 is 6.01 Å². The van der Waals surface area contributed by atoms with E-state index in [0.29, 0.717) is 16.7 Å². The maximum Gasteiger partial charge on any atom is 0.322 e. The Labute approximate surface area is 147 Å². The van der Waals surface area contributed by atoms with Crippen molar-refractivity contribution in [2.24, 2.45) is 0 Å². The fraction of sp³-hybridized carbons (Fsp3) is 0.250. The summed E-state index contributed by atoms with van der Waals surface area (Å²) in [6.07, 6.45) is 3.31. The van der Waals surface area contributed by atoms with Crippen LogP contribution in [0.4, 0.5) is 10.4 Å². The summed E-state index contributed by atoms with van der Waals surface area (Å²) in [6, 6.07) is 6.23. The molecule has 0 unspecified atom stereocenters. The molecule has 1 N–H and O–H groups in total. The molecule has 0 atom stereocenters. The van der Waals surface area contributed by atoms with Crippen molar-refractivity contribution < 1.29 is 13.6 Å². The molecular weight excluding hydrogens is 345 g/mol. The Morgan fingerprint density at radius 2 is 2.24 bits per heavy atom. The Bertz CT molecular complexity index is 877. The lowest BCUT2D eigenvalue weighted by Gasteiger charge is -2.07. The molecule has 0 spiro atoms. The molecule has 0 saturated heterocycles. The normalized spacial score (nSPS) is 11.0. The van der Waals surface area contributed by atoms with Gasteiger partial charge in [-0.25, -0.2) is 9.37 Å². The fourth-order valence-corrected chi connectivity index (χ4v) is 2.80. The van der Waals surface area contributed by atoms with E-state index in [2.05, 4.69) is 20.5 Å². The molecule has 0 aliphatic carbocycles. The van der Waals surface area contributed by atoms with E-state index in [-0.39, 0.29) is 29.4 Å². The number of hydrogen-bond donors (Lipinski definition) is 1. The summed E-state index contributed by atoms with van der Waals surface area (Å²) < 4.78 is 20.4. The van der Waals surface area contributed by atoms with Gasteiger partial charge in [-0.3, -0.25) is 14.7 Å². The van der Waals surface area contributed by atoms with E-state index >= 15 is 0 Å². The van der Waals surface area contributed by atoms with Crippen LogP contribution in [0.25, 0.3) is 5.69 Å². The highest BCUT2D eigenvalue weighted by atomic mass is 32.2. The molecule has 0 fully saturated rings. The minimum absolute atomic E-state index is 0.0720. The number of amides is 1. The number of carbonyl (C=O) groups is 1. The van der Waals surface area contributed by atoms with Gasteiger partial charge in [0, 0.05) is 18.3 Å².